The summed E-state index contributed by atoms with van der Waals surface area (Å²) in [6.45, 7) is 2.17. The van der Waals surface area contributed by atoms with E-state index in [9.17, 15) is 4.79 Å². The standard InChI is InChI=1S/C10H17BrO2/c1-2-8-5-3-4-6-9(8)13-10(12)7-11/h8-9H,2-7H2,1H3. The summed E-state index contributed by atoms with van der Waals surface area (Å²) in [5, 5.41) is 0.319. The maximum absolute atomic E-state index is 11.1. The molecule has 13 heavy (non-hydrogen) atoms. The summed E-state index contributed by atoms with van der Waals surface area (Å²) in [6.07, 6.45) is 6.08. The van der Waals surface area contributed by atoms with Crippen LogP contribution in [0.4, 0.5) is 0 Å². The molecule has 0 aromatic carbocycles. The van der Waals surface area contributed by atoms with Gasteiger partial charge < -0.3 is 4.74 Å². The minimum absolute atomic E-state index is 0.120. The molecule has 1 saturated carbocycles. The van der Waals surface area contributed by atoms with Gasteiger partial charge >= 0.3 is 5.97 Å². The normalized spacial score (nSPS) is 28.5. The molecule has 0 radical (unpaired) electrons. The van der Waals surface area contributed by atoms with E-state index in [4.69, 9.17) is 4.74 Å². The Kier molecular flexibility index (Phi) is 4.78. The third kappa shape index (κ3) is 3.29. The van der Waals surface area contributed by atoms with Crippen molar-refractivity contribution in [1.29, 1.82) is 0 Å². The maximum Gasteiger partial charge on any atom is 0.316 e. The predicted molar refractivity (Wildman–Crippen MR) is 55.9 cm³/mol. The lowest BCUT2D eigenvalue weighted by molar-refractivity contribution is -0.150. The van der Waals surface area contributed by atoms with Gasteiger partial charge in [0.15, 0.2) is 0 Å². The molecular weight excluding hydrogens is 232 g/mol. The number of esters is 1. The molecule has 3 heteroatoms. The highest BCUT2D eigenvalue weighted by atomic mass is 79.9. The minimum atomic E-state index is -0.120. The lowest BCUT2D eigenvalue weighted by atomic mass is 9.85. The number of rotatable bonds is 3. The number of carbonyl (C=O) groups excluding carboxylic acids is 1. The van der Waals surface area contributed by atoms with Crippen molar-refractivity contribution in [2.75, 3.05) is 5.33 Å². The Morgan fingerprint density at radius 3 is 2.77 bits per heavy atom. The number of alkyl halides is 1. The van der Waals surface area contributed by atoms with E-state index in [-0.39, 0.29) is 12.1 Å². The Morgan fingerprint density at radius 1 is 1.46 bits per heavy atom. The molecular formula is C10H17BrO2. The van der Waals surface area contributed by atoms with E-state index in [0.29, 0.717) is 11.2 Å². The first-order valence-corrected chi connectivity index (χ1v) is 6.15. The molecule has 0 saturated heterocycles. The summed E-state index contributed by atoms with van der Waals surface area (Å²) < 4.78 is 5.36. The van der Waals surface area contributed by atoms with Gasteiger partial charge in [-0.05, 0) is 31.6 Å². The first kappa shape index (κ1) is 11.0. The zero-order valence-electron chi connectivity index (χ0n) is 8.09. The Hall–Kier alpha value is -0.0500. The molecule has 0 aromatic heterocycles. The summed E-state index contributed by atoms with van der Waals surface area (Å²) >= 11 is 3.11. The minimum Gasteiger partial charge on any atom is -0.461 e. The zero-order valence-corrected chi connectivity index (χ0v) is 9.68. The first-order chi connectivity index (χ1) is 6.27. The number of carbonyl (C=O) groups is 1. The first-order valence-electron chi connectivity index (χ1n) is 5.03. The Labute approximate surface area is 88.2 Å². The second-order valence-electron chi connectivity index (χ2n) is 3.61. The molecule has 1 aliphatic carbocycles. The second-order valence-corrected chi connectivity index (χ2v) is 4.18. The number of hydrogen-bond donors (Lipinski definition) is 0. The van der Waals surface area contributed by atoms with Gasteiger partial charge in [-0.15, -0.1) is 0 Å². The van der Waals surface area contributed by atoms with Crippen molar-refractivity contribution in [2.24, 2.45) is 5.92 Å². The molecule has 1 fully saturated rings. The van der Waals surface area contributed by atoms with Gasteiger partial charge in [0.1, 0.15) is 11.4 Å². The molecule has 2 unspecified atom stereocenters. The van der Waals surface area contributed by atoms with Crippen LogP contribution in [0.1, 0.15) is 39.0 Å². The van der Waals surface area contributed by atoms with E-state index in [1.807, 2.05) is 0 Å². The van der Waals surface area contributed by atoms with Crippen LogP contribution in [0, 0.1) is 5.92 Å². The van der Waals surface area contributed by atoms with E-state index in [1.165, 1.54) is 19.3 Å². The van der Waals surface area contributed by atoms with Crippen LogP contribution in [0.25, 0.3) is 0 Å². The van der Waals surface area contributed by atoms with Gasteiger partial charge in [-0.2, -0.15) is 0 Å². The summed E-state index contributed by atoms with van der Waals surface area (Å²) in [5.74, 6) is 0.474. The van der Waals surface area contributed by atoms with E-state index >= 15 is 0 Å². The fourth-order valence-corrected chi connectivity index (χ4v) is 2.13. The third-order valence-electron chi connectivity index (χ3n) is 2.76. The fraction of sp³-hybridized carbons (Fsp3) is 0.900. The van der Waals surface area contributed by atoms with Crippen LogP contribution in [0.3, 0.4) is 0 Å². The van der Waals surface area contributed by atoms with Gasteiger partial charge in [0, 0.05) is 0 Å². The van der Waals surface area contributed by atoms with Crippen molar-refractivity contribution in [3.63, 3.8) is 0 Å². The van der Waals surface area contributed by atoms with Crippen molar-refractivity contribution in [1.82, 2.24) is 0 Å². The van der Waals surface area contributed by atoms with Crippen molar-refractivity contribution in [2.45, 2.75) is 45.1 Å². The molecule has 76 valence electrons. The van der Waals surface area contributed by atoms with Gasteiger partial charge in [-0.1, -0.05) is 29.3 Å². The molecule has 0 spiro atoms. The Balaban J connectivity index is 2.40. The van der Waals surface area contributed by atoms with E-state index in [0.717, 1.165) is 12.8 Å². The van der Waals surface area contributed by atoms with E-state index in [1.54, 1.807) is 0 Å². The van der Waals surface area contributed by atoms with Crippen LogP contribution in [0.15, 0.2) is 0 Å². The number of ether oxygens (including phenoxy) is 1. The molecule has 2 nitrogen and oxygen atoms in total. The van der Waals surface area contributed by atoms with Crippen LogP contribution >= 0.6 is 15.9 Å². The summed E-state index contributed by atoms with van der Waals surface area (Å²) in [4.78, 5) is 11.1. The predicted octanol–water partition coefficient (Wildman–Crippen LogP) is 2.89. The average Bonchev–Trinajstić information content (AvgIpc) is 2.18. The highest BCUT2D eigenvalue weighted by Crippen LogP contribution is 2.29. The lowest BCUT2D eigenvalue weighted by Gasteiger charge is -2.30. The largest absolute Gasteiger partial charge is 0.461 e. The molecule has 0 bridgehead atoms. The highest BCUT2D eigenvalue weighted by molar-refractivity contribution is 9.09. The Bertz CT molecular complexity index is 170. The van der Waals surface area contributed by atoms with Gasteiger partial charge in [-0.25, -0.2) is 0 Å². The van der Waals surface area contributed by atoms with Crippen molar-refractivity contribution in [3.8, 4) is 0 Å². The van der Waals surface area contributed by atoms with Crippen LogP contribution in [-0.4, -0.2) is 17.4 Å². The molecule has 2 atom stereocenters. The highest BCUT2D eigenvalue weighted by Gasteiger charge is 2.26. The van der Waals surface area contributed by atoms with Gasteiger partial charge in [0.05, 0.1) is 0 Å². The molecule has 0 aromatic rings. The molecule has 0 heterocycles. The summed E-state index contributed by atoms with van der Waals surface area (Å²) in [7, 11) is 0. The van der Waals surface area contributed by atoms with Gasteiger partial charge in [-0.3, -0.25) is 4.79 Å². The van der Waals surface area contributed by atoms with Crippen molar-refractivity contribution in [3.05, 3.63) is 0 Å². The number of hydrogen-bond acceptors (Lipinski definition) is 2. The fourth-order valence-electron chi connectivity index (χ4n) is 2.00. The molecule has 1 aliphatic rings. The second kappa shape index (κ2) is 5.63. The van der Waals surface area contributed by atoms with Crippen molar-refractivity contribution >= 4 is 21.9 Å². The molecule has 1 rings (SSSR count). The molecule has 0 N–H and O–H groups in total. The van der Waals surface area contributed by atoms with Gasteiger partial charge in [0.2, 0.25) is 0 Å². The van der Waals surface area contributed by atoms with Crippen LogP contribution < -0.4 is 0 Å². The average molecular weight is 249 g/mol. The monoisotopic (exact) mass is 248 g/mol. The quantitative estimate of drug-likeness (QED) is 0.567. The zero-order chi connectivity index (χ0) is 9.68. The summed E-state index contributed by atoms with van der Waals surface area (Å²) in [6, 6.07) is 0. The molecule has 0 amide bonds. The van der Waals surface area contributed by atoms with Crippen LogP contribution in [-0.2, 0) is 9.53 Å². The van der Waals surface area contributed by atoms with E-state index < -0.39 is 0 Å². The molecule has 0 aliphatic heterocycles. The van der Waals surface area contributed by atoms with E-state index in [2.05, 4.69) is 22.9 Å². The smallest absolute Gasteiger partial charge is 0.316 e. The number of halogens is 1. The Morgan fingerprint density at radius 2 is 2.15 bits per heavy atom. The van der Waals surface area contributed by atoms with Gasteiger partial charge in [0.25, 0.3) is 0 Å². The summed E-state index contributed by atoms with van der Waals surface area (Å²) in [5.41, 5.74) is 0. The van der Waals surface area contributed by atoms with Crippen LogP contribution in [0.2, 0.25) is 0 Å². The maximum atomic E-state index is 11.1. The third-order valence-corrected chi connectivity index (χ3v) is 3.21. The van der Waals surface area contributed by atoms with Crippen LogP contribution in [0.5, 0.6) is 0 Å². The van der Waals surface area contributed by atoms with Crippen molar-refractivity contribution < 1.29 is 9.53 Å². The SMILES string of the molecule is CCC1CCCCC1OC(=O)CBr. The lowest BCUT2D eigenvalue weighted by Crippen LogP contribution is -2.30. The topological polar surface area (TPSA) is 26.3 Å².